The number of thiazole rings is 1. The van der Waals surface area contributed by atoms with Gasteiger partial charge in [-0.2, -0.15) is 0 Å². The molecule has 0 aliphatic rings. The second-order valence-corrected chi connectivity index (χ2v) is 6.67. The van der Waals surface area contributed by atoms with Crippen LogP contribution < -0.4 is 11.1 Å². The van der Waals surface area contributed by atoms with E-state index in [4.69, 9.17) is 5.73 Å². The van der Waals surface area contributed by atoms with Crippen LogP contribution in [0.15, 0.2) is 54.3 Å². The predicted octanol–water partition coefficient (Wildman–Crippen LogP) is 2.45. The molecule has 0 unspecified atom stereocenters. The number of anilines is 1. The van der Waals surface area contributed by atoms with Gasteiger partial charge in [0, 0.05) is 11.6 Å². The van der Waals surface area contributed by atoms with Crippen LogP contribution in [0.25, 0.3) is 11.2 Å². The number of imidazole rings is 1. The molecular formula is C18H16N6OS. The molecule has 0 radical (unpaired) electrons. The summed E-state index contributed by atoms with van der Waals surface area (Å²) in [5, 5.41) is 5.12. The highest BCUT2D eigenvalue weighted by molar-refractivity contribution is 7.13. The van der Waals surface area contributed by atoms with E-state index in [1.54, 1.807) is 18.6 Å². The maximum atomic E-state index is 12.3. The zero-order valence-corrected chi connectivity index (χ0v) is 14.6. The summed E-state index contributed by atoms with van der Waals surface area (Å²) in [6, 6.07) is 11.8. The van der Waals surface area contributed by atoms with E-state index in [0.717, 1.165) is 16.9 Å². The molecule has 0 spiro atoms. The molecule has 0 saturated heterocycles. The van der Waals surface area contributed by atoms with Gasteiger partial charge in [-0.3, -0.25) is 4.79 Å². The second-order valence-electron chi connectivity index (χ2n) is 5.78. The van der Waals surface area contributed by atoms with Crippen molar-refractivity contribution in [2.45, 2.75) is 13.1 Å². The fourth-order valence-corrected chi connectivity index (χ4v) is 3.21. The van der Waals surface area contributed by atoms with E-state index >= 15 is 0 Å². The van der Waals surface area contributed by atoms with Gasteiger partial charge in [-0.15, -0.1) is 11.3 Å². The summed E-state index contributed by atoms with van der Waals surface area (Å²) < 4.78 is 1.96. The topological polar surface area (TPSA) is 98.7 Å². The van der Waals surface area contributed by atoms with Crippen molar-refractivity contribution < 1.29 is 4.79 Å². The summed E-state index contributed by atoms with van der Waals surface area (Å²) >= 11 is 1.35. The van der Waals surface area contributed by atoms with E-state index in [-0.39, 0.29) is 5.91 Å². The van der Waals surface area contributed by atoms with Gasteiger partial charge in [0.1, 0.15) is 5.52 Å². The standard InChI is InChI=1S/C18H16N6OS/c19-18-23-14(10-26-18)8-21-17(25)13-6-15-16(20-7-13)24(11-22-15)9-12-4-2-1-3-5-12/h1-7,10-11H,8-9H2,(H2,19,23)(H,21,25). The average molecular weight is 364 g/mol. The Kier molecular flexibility index (Phi) is 4.32. The van der Waals surface area contributed by atoms with E-state index in [0.29, 0.717) is 29.3 Å². The molecule has 130 valence electrons. The normalized spacial score (nSPS) is 10.9. The lowest BCUT2D eigenvalue weighted by Gasteiger charge is -2.05. The second kappa shape index (κ2) is 6.93. The lowest BCUT2D eigenvalue weighted by atomic mass is 10.2. The van der Waals surface area contributed by atoms with E-state index in [9.17, 15) is 4.79 Å². The van der Waals surface area contributed by atoms with Gasteiger partial charge in [0.05, 0.1) is 30.7 Å². The number of pyridine rings is 1. The summed E-state index contributed by atoms with van der Waals surface area (Å²) in [6.07, 6.45) is 3.31. The van der Waals surface area contributed by atoms with Crippen molar-refractivity contribution in [3.8, 4) is 0 Å². The van der Waals surface area contributed by atoms with Crippen molar-refractivity contribution in [3.63, 3.8) is 0 Å². The lowest BCUT2D eigenvalue weighted by molar-refractivity contribution is 0.0950. The Morgan fingerprint density at radius 2 is 2.08 bits per heavy atom. The van der Waals surface area contributed by atoms with E-state index in [1.807, 2.05) is 28.1 Å². The fourth-order valence-electron chi connectivity index (χ4n) is 2.65. The number of amides is 1. The summed E-state index contributed by atoms with van der Waals surface area (Å²) in [7, 11) is 0. The highest BCUT2D eigenvalue weighted by Crippen LogP contribution is 2.15. The van der Waals surface area contributed by atoms with Crippen LogP contribution in [0.4, 0.5) is 5.13 Å². The fraction of sp³-hybridized carbons (Fsp3) is 0.111. The number of hydrogen-bond acceptors (Lipinski definition) is 6. The van der Waals surface area contributed by atoms with Crippen LogP contribution >= 0.6 is 11.3 Å². The SMILES string of the molecule is Nc1nc(CNC(=O)c2cnc3c(c2)ncn3Cc2ccccc2)cs1. The molecule has 0 aliphatic heterocycles. The van der Waals surface area contributed by atoms with Gasteiger partial charge in [0.2, 0.25) is 0 Å². The van der Waals surface area contributed by atoms with Gasteiger partial charge in [0.15, 0.2) is 10.8 Å². The Balaban J connectivity index is 1.50. The Hall–Kier alpha value is -3.26. The molecule has 1 aromatic carbocycles. The smallest absolute Gasteiger partial charge is 0.253 e. The van der Waals surface area contributed by atoms with Crippen LogP contribution in [-0.2, 0) is 13.1 Å². The largest absolute Gasteiger partial charge is 0.375 e. The predicted molar refractivity (Wildman–Crippen MR) is 101 cm³/mol. The minimum atomic E-state index is -0.219. The molecule has 1 amide bonds. The third-order valence-electron chi connectivity index (χ3n) is 3.91. The summed E-state index contributed by atoms with van der Waals surface area (Å²) in [4.78, 5) is 25.2. The van der Waals surface area contributed by atoms with Gasteiger partial charge in [-0.25, -0.2) is 15.0 Å². The molecule has 3 aromatic heterocycles. The van der Waals surface area contributed by atoms with Crippen molar-refractivity contribution in [2.75, 3.05) is 5.73 Å². The highest BCUT2D eigenvalue weighted by Gasteiger charge is 2.11. The maximum Gasteiger partial charge on any atom is 0.253 e. The molecule has 26 heavy (non-hydrogen) atoms. The van der Waals surface area contributed by atoms with Crippen LogP contribution in [0, 0.1) is 0 Å². The molecule has 3 N–H and O–H groups in total. The third kappa shape index (κ3) is 3.40. The highest BCUT2D eigenvalue weighted by atomic mass is 32.1. The zero-order valence-electron chi connectivity index (χ0n) is 13.8. The zero-order chi connectivity index (χ0) is 17.9. The number of aromatic nitrogens is 4. The number of nitrogens with two attached hydrogens (primary N) is 1. The first kappa shape index (κ1) is 16.2. The molecule has 0 fully saturated rings. The summed E-state index contributed by atoms with van der Waals surface area (Å²) in [6.45, 7) is 1.01. The van der Waals surface area contributed by atoms with E-state index in [2.05, 4.69) is 32.4 Å². The van der Waals surface area contributed by atoms with Gasteiger partial charge >= 0.3 is 0 Å². The molecule has 4 rings (SSSR count). The molecule has 3 heterocycles. The van der Waals surface area contributed by atoms with Crippen LogP contribution in [0.1, 0.15) is 21.6 Å². The van der Waals surface area contributed by atoms with Gasteiger partial charge < -0.3 is 15.6 Å². The van der Waals surface area contributed by atoms with Gasteiger partial charge in [0.25, 0.3) is 5.91 Å². The first-order valence-corrected chi connectivity index (χ1v) is 8.90. The Bertz CT molecular complexity index is 1060. The van der Waals surface area contributed by atoms with Gasteiger partial charge in [-0.05, 0) is 11.6 Å². The quantitative estimate of drug-likeness (QED) is 0.567. The van der Waals surface area contributed by atoms with E-state index < -0.39 is 0 Å². The number of nitrogen functional groups attached to an aromatic ring is 1. The van der Waals surface area contributed by atoms with Crippen molar-refractivity contribution in [1.29, 1.82) is 0 Å². The van der Waals surface area contributed by atoms with E-state index in [1.165, 1.54) is 11.3 Å². The lowest BCUT2D eigenvalue weighted by Crippen LogP contribution is -2.23. The molecule has 0 aliphatic carbocycles. The number of benzene rings is 1. The molecule has 0 bridgehead atoms. The number of nitrogens with zero attached hydrogens (tertiary/aromatic N) is 4. The van der Waals surface area contributed by atoms with Crippen LogP contribution in [0.2, 0.25) is 0 Å². The molecule has 7 nitrogen and oxygen atoms in total. The molecule has 0 saturated carbocycles. The van der Waals surface area contributed by atoms with Crippen molar-refractivity contribution in [1.82, 2.24) is 24.8 Å². The Labute approximate surface area is 153 Å². The number of hydrogen-bond donors (Lipinski definition) is 2. The number of fused-ring (bicyclic) bond motifs is 1. The molecule has 8 heteroatoms. The first-order chi connectivity index (χ1) is 12.7. The maximum absolute atomic E-state index is 12.3. The van der Waals surface area contributed by atoms with Crippen molar-refractivity contribution >= 4 is 33.5 Å². The Morgan fingerprint density at radius 1 is 1.23 bits per heavy atom. The number of nitrogens with one attached hydrogen (secondary N) is 1. The minimum absolute atomic E-state index is 0.219. The number of carbonyl (C=O) groups is 1. The van der Waals surface area contributed by atoms with Crippen molar-refractivity contribution in [2.24, 2.45) is 0 Å². The third-order valence-corrected chi connectivity index (χ3v) is 4.64. The average Bonchev–Trinajstić information content (AvgIpc) is 3.26. The molecule has 4 aromatic rings. The molecular weight excluding hydrogens is 348 g/mol. The van der Waals surface area contributed by atoms with Crippen LogP contribution in [0.3, 0.4) is 0 Å². The number of carbonyl (C=O) groups excluding carboxylic acids is 1. The van der Waals surface area contributed by atoms with Crippen LogP contribution in [-0.4, -0.2) is 25.4 Å². The summed E-state index contributed by atoms with van der Waals surface area (Å²) in [5.74, 6) is -0.219. The van der Waals surface area contributed by atoms with Crippen LogP contribution in [0.5, 0.6) is 0 Å². The first-order valence-electron chi connectivity index (χ1n) is 8.02. The van der Waals surface area contributed by atoms with Crippen molar-refractivity contribution in [3.05, 3.63) is 71.1 Å². The monoisotopic (exact) mass is 364 g/mol. The van der Waals surface area contributed by atoms with Gasteiger partial charge in [-0.1, -0.05) is 30.3 Å². The minimum Gasteiger partial charge on any atom is -0.375 e. The summed E-state index contributed by atoms with van der Waals surface area (Å²) in [5.41, 5.74) is 9.39. The molecule has 0 atom stereocenters. The number of rotatable bonds is 5. The Morgan fingerprint density at radius 3 is 2.85 bits per heavy atom.